The van der Waals surface area contributed by atoms with Crippen LogP contribution in [0.5, 0.6) is 0 Å². The first-order chi connectivity index (χ1) is 7.34. The summed E-state index contributed by atoms with van der Waals surface area (Å²) in [6.45, 7) is 1.97. The molecule has 0 aromatic heterocycles. The SMILES string of the molecule is Fc1ccc2c(c1)NCCN2C1CCC1. The molecular formula is C12H15FN2. The van der Waals surface area contributed by atoms with E-state index in [-0.39, 0.29) is 5.82 Å². The zero-order valence-corrected chi connectivity index (χ0v) is 8.67. The molecule has 1 aliphatic heterocycles. The fourth-order valence-electron chi connectivity index (χ4n) is 2.41. The predicted molar refractivity (Wildman–Crippen MR) is 59.9 cm³/mol. The number of anilines is 2. The molecule has 1 fully saturated rings. The summed E-state index contributed by atoms with van der Waals surface area (Å²) >= 11 is 0. The van der Waals surface area contributed by atoms with Crippen molar-refractivity contribution < 1.29 is 4.39 Å². The Kier molecular flexibility index (Phi) is 2.04. The largest absolute Gasteiger partial charge is 0.382 e. The molecular weight excluding hydrogens is 191 g/mol. The van der Waals surface area contributed by atoms with E-state index in [1.165, 1.54) is 24.9 Å². The normalized spacial score (nSPS) is 20.5. The van der Waals surface area contributed by atoms with Crippen LogP contribution in [0, 0.1) is 5.82 Å². The number of benzene rings is 1. The standard InChI is InChI=1S/C12H15FN2/c13-9-4-5-12-11(8-9)14-6-7-15(12)10-2-1-3-10/h4-5,8,10,14H,1-3,6-7H2. The zero-order chi connectivity index (χ0) is 10.3. The number of fused-ring (bicyclic) bond motifs is 1. The van der Waals surface area contributed by atoms with E-state index in [1.54, 1.807) is 12.1 Å². The Balaban J connectivity index is 1.95. The maximum atomic E-state index is 13.1. The Morgan fingerprint density at radius 2 is 2.20 bits per heavy atom. The molecule has 1 N–H and O–H groups in total. The second kappa shape index (κ2) is 3.40. The van der Waals surface area contributed by atoms with E-state index >= 15 is 0 Å². The van der Waals surface area contributed by atoms with Crippen LogP contribution in [-0.2, 0) is 0 Å². The van der Waals surface area contributed by atoms with Gasteiger partial charge in [0.15, 0.2) is 0 Å². The highest BCUT2D eigenvalue weighted by atomic mass is 19.1. The lowest BCUT2D eigenvalue weighted by atomic mass is 9.90. The monoisotopic (exact) mass is 206 g/mol. The molecule has 0 saturated heterocycles. The Labute approximate surface area is 89.1 Å². The molecule has 1 aromatic carbocycles. The molecule has 15 heavy (non-hydrogen) atoms. The second-order valence-electron chi connectivity index (χ2n) is 4.37. The van der Waals surface area contributed by atoms with Crippen LogP contribution < -0.4 is 10.2 Å². The molecule has 3 heteroatoms. The highest BCUT2D eigenvalue weighted by molar-refractivity contribution is 5.72. The lowest BCUT2D eigenvalue weighted by molar-refractivity contribution is 0.387. The van der Waals surface area contributed by atoms with E-state index in [2.05, 4.69) is 10.2 Å². The van der Waals surface area contributed by atoms with Gasteiger partial charge in [0.1, 0.15) is 5.82 Å². The minimum absolute atomic E-state index is 0.156. The molecule has 2 nitrogen and oxygen atoms in total. The van der Waals surface area contributed by atoms with Crippen molar-refractivity contribution in [1.82, 2.24) is 0 Å². The third kappa shape index (κ3) is 1.46. The summed E-state index contributed by atoms with van der Waals surface area (Å²) in [5, 5.41) is 3.25. The molecule has 1 aromatic rings. The number of nitrogens with one attached hydrogen (secondary N) is 1. The van der Waals surface area contributed by atoms with Crippen molar-refractivity contribution in [2.45, 2.75) is 25.3 Å². The first-order valence-corrected chi connectivity index (χ1v) is 5.65. The summed E-state index contributed by atoms with van der Waals surface area (Å²) in [4.78, 5) is 2.43. The van der Waals surface area contributed by atoms with E-state index in [0.717, 1.165) is 18.8 Å². The van der Waals surface area contributed by atoms with Crippen LogP contribution in [0.15, 0.2) is 18.2 Å². The van der Waals surface area contributed by atoms with E-state index in [9.17, 15) is 4.39 Å². The van der Waals surface area contributed by atoms with Gasteiger partial charge in [-0.15, -0.1) is 0 Å². The van der Waals surface area contributed by atoms with Crippen molar-refractivity contribution in [2.75, 3.05) is 23.3 Å². The second-order valence-corrected chi connectivity index (χ2v) is 4.37. The fraction of sp³-hybridized carbons (Fsp3) is 0.500. The molecule has 1 saturated carbocycles. The van der Waals surface area contributed by atoms with Crippen LogP contribution in [0.25, 0.3) is 0 Å². The van der Waals surface area contributed by atoms with Gasteiger partial charge in [-0.2, -0.15) is 0 Å². The van der Waals surface area contributed by atoms with Gasteiger partial charge < -0.3 is 10.2 Å². The first kappa shape index (κ1) is 9.01. The maximum Gasteiger partial charge on any atom is 0.125 e. The zero-order valence-electron chi connectivity index (χ0n) is 8.67. The van der Waals surface area contributed by atoms with Crippen LogP contribution in [0.2, 0.25) is 0 Å². The first-order valence-electron chi connectivity index (χ1n) is 5.65. The van der Waals surface area contributed by atoms with Gasteiger partial charge in [0.25, 0.3) is 0 Å². The predicted octanol–water partition coefficient (Wildman–Crippen LogP) is 2.61. The molecule has 0 radical (unpaired) electrons. The van der Waals surface area contributed by atoms with Crippen molar-refractivity contribution in [3.63, 3.8) is 0 Å². The lowest BCUT2D eigenvalue weighted by Gasteiger charge is -2.42. The number of hydrogen-bond acceptors (Lipinski definition) is 2. The van der Waals surface area contributed by atoms with Crippen molar-refractivity contribution in [3.05, 3.63) is 24.0 Å². The van der Waals surface area contributed by atoms with Gasteiger partial charge in [-0.25, -0.2) is 4.39 Å². The quantitative estimate of drug-likeness (QED) is 0.759. The fourth-order valence-corrected chi connectivity index (χ4v) is 2.41. The van der Waals surface area contributed by atoms with E-state index < -0.39 is 0 Å². The minimum atomic E-state index is -0.156. The molecule has 3 rings (SSSR count). The van der Waals surface area contributed by atoms with Gasteiger partial charge in [-0.1, -0.05) is 0 Å². The van der Waals surface area contributed by atoms with Gasteiger partial charge in [0.05, 0.1) is 11.4 Å². The number of rotatable bonds is 1. The van der Waals surface area contributed by atoms with Gasteiger partial charge in [-0.05, 0) is 37.5 Å². The number of hydrogen-bond donors (Lipinski definition) is 1. The Morgan fingerprint density at radius 3 is 2.93 bits per heavy atom. The van der Waals surface area contributed by atoms with Crippen molar-refractivity contribution in [1.29, 1.82) is 0 Å². The molecule has 2 aliphatic rings. The summed E-state index contributed by atoms with van der Waals surface area (Å²) in [5.74, 6) is -0.156. The van der Waals surface area contributed by atoms with Gasteiger partial charge in [0.2, 0.25) is 0 Å². The van der Waals surface area contributed by atoms with E-state index in [1.807, 2.05) is 6.07 Å². The molecule has 0 unspecified atom stereocenters. The van der Waals surface area contributed by atoms with Crippen LogP contribution in [-0.4, -0.2) is 19.1 Å². The summed E-state index contributed by atoms with van der Waals surface area (Å²) < 4.78 is 13.1. The topological polar surface area (TPSA) is 15.3 Å². The molecule has 1 aliphatic carbocycles. The van der Waals surface area contributed by atoms with Crippen LogP contribution in [0.1, 0.15) is 19.3 Å². The molecule has 1 heterocycles. The summed E-state index contributed by atoms with van der Waals surface area (Å²) in [6.07, 6.45) is 3.92. The smallest absolute Gasteiger partial charge is 0.125 e. The van der Waals surface area contributed by atoms with E-state index in [4.69, 9.17) is 0 Å². The minimum Gasteiger partial charge on any atom is -0.382 e. The average Bonchev–Trinajstić information content (AvgIpc) is 2.15. The Bertz CT molecular complexity index is 374. The average molecular weight is 206 g/mol. The molecule has 80 valence electrons. The van der Waals surface area contributed by atoms with Crippen LogP contribution >= 0.6 is 0 Å². The van der Waals surface area contributed by atoms with Gasteiger partial charge in [-0.3, -0.25) is 0 Å². The lowest BCUT2D eigenvalue weighted by Crippen LogP contribution is -2.45. The van der Waals surface area contributed by atoms with Gasteiger partial charge >= 0.3 is 0 Å². The van der Waals surface area contributed by atoms with Crippen molar-refractivity contribution in [2.24, 2.45) is 0 Å². The highest BCUT2D eigenvalue weighted by Crippen LogP contribution is 2.36. The highest BCUT2D eigenvalue weighted by Gasteiger charge is 2.28. The number of nitrogens with zero attached hydrogens (tertiary/aromatic N) is 1. The van der Waals surface area contributed by atoms with Crippen LogP contribution in [0.4, 0.5) is 15.8 Å². The Hall–Kier alpha value is -1.25. The van der Waals surface area contributed by atoms with Crippen LogP contribution in [0.3, 0.4) is 0 Å². The molecule has 0 spiro atoms. The summed E-state index contributed by atoms with van der Waals surface area (Å²) in [6, 6.07) is 5.74. The van der Waals surface area contributed by atoms with Gasteiger partial charge in [0, 0.05) is 19.1 Å². The third-order valence-electron chi connectivity index (χ3n) is 3.45. The summed E-state index contributed by atoms with van der Waals surface area (Å²) in [7, 11) is 0. The van der Waals surface area contributed by atoms with Crippen molar-refractivity contribution in [3.8, 4) is 0 Å². The third-order valence-corrected chi connectivity index (χ3v) is 3.45. The number of halogens is 1. The Morgan fingerprint density at radius 1 is 1.33 bits per heavy atom. The maximum absolute atomic E-state index is 13.1. The molecule has 0 amide bonds. The van der Waals surface area contributed by atoms with Crippen molar-refractivity contribution >= 4 is 11.4 Å². The molecule has 0 atom stereocenters. The summed E-state index contributed by atoms with van der Waals surface area (Å²) in [5.41, 5.74) is 2.13. The van der Waals surface area contributed by atoms with E-state index in [0.29, 0.717) is 6.04 Å². The molecule has 0 bridgehead atoms.